The molecule has 0 aliphatic carbocycles. The highest BCUT2D eigenvalue weighted by Gasteiger charge is 2.30. The third-order valence-corrected chi connectivity index (χ3v) is 4.11. The predicted octanol–water partition coefficient (Wildman–Crippen LogP) is 2.23. The van der Waals surface area contributed by atoms with Crippen LogP contribution in [-0.2, 0) is 10.2 Å². The number of carbonyl (C=O) groups excluding carboxylic acids is 1. The van der Waals surface area contributed by atoms with E-state index in [1.165, 1.54) is 11.3 Å². The summed E-state index contributed by atoms with van der Waals surface area (Å²) < 4.78 is 0. The molecule has 0 saturated carbocycles. The molecule has 0 unspecified atom stereocenters. The molecule has 1 aromatic heterocycles. The van der Waals surface area contributed by atoms with Gasteiger partial charge in [-0.3, -0.25) is 4.79 Å². The summed E-state index contributed by atoms with van der Waals surface area (Å²) in [6, 6.07) is 0. The largest absolute Gasteiger partial charge is 0.316 e. The van der Waals surface area contributed by atoms with E-state index in [0.717, 1.165) is 18.8 Å². The molecule has 0 spiro atoms. The van der Waals surface area contributed by atoms with Crippen LogP contribution in [0.15, 0.2) is 5.38 Å². The third kappa shape index (κ3) is 2.90. The van der Waals surface area contributed by atoms with Crippen LogP contribution in [0.5, 0.6) is 0 Å². The molecule has 0 radical (unpaired) electrons. The van der Waals surface area contributed by atoms with Crippen LogP contribution >= 0.6 is 11.3 Å². The minimum absolute atomic E-state index is 0.0294. The first-order chi connectivity index (χ1) is 8.38. The quantitative estimate of drug-likeness (QED) is 0.864. The van der Waals surface area contributed by atoms with Crippen molar-refractivity contribution >= 4 is 22.4 Å². The lowest BCUT2D eigenvalue weighted by atomic mass is 9.93. The Hall–Kier alpha value is -0.940. The van der Waals surface area contributed by atoms with Gasteiger partial charge in [0.15, 0.2) is 5.13 Å². The molecule has 1 aliphatic heterocycles. The van der Waals surface area contributed by atoms with Gasteiger partial charge in [-0.25, -0.2) is 4.98 Å². The number of aromatic nitrogens is 1. The number of carbonyl (C=O) groups is 1. The lowest BCUT2D eigenvalue weighted by Crippen LogP contribution is -2.27. The van der Waals surface area contributed by atoms with Gasteiger partial charge in [-0.05, 0) is 12.5 Å². The number of thiazole rings is 1. The van der Waals surface area contributed by atoms with Crippen molar-refractivity contribution in [2.75, 3.05) is 18.4 Å². The van der Waals surface area contributed by atoms with Gasteiger partial charge < -0.3 is 10.6 Å². The van der Waals surface area contributed by atoms with Gasteiger partial charge in [0.25, 0.3) is 0 Å². The summed E-state index contributed by atoms with van der Waals surface area (Å²) in [5.74, 6) is 0.543. The smallest absolute Gasteiger partial charge is 0.230 e. The Balaban J connectivity index is 2.01. The molecule has 1 aromatic rings. The Morgan fingerprint density at radius 1 is 1.50 bits per heavy atom. The summed E-state index contributed by atoms with van der Waals surface area (Å²) in [6.07, 6.45) is 0. The molecular weight excluding hydrogens is 246 g/mol. The maximum absolute atomic E-state index is 12.1. The van der Waals surface area contributed by atoms with Gasteiger partial charge in [-0.2, -0.15) is 0 Å². The molecule has 100 valence electrons. The van der Waals surface area contributed by atoms with Crippen LogP contribution in [0.2, 0.25) is 0 Å². The van der Waals surface area contributed by atoms with Gasteiger partial charge in [-0.1, -0.05) is 27.7 Å². The Morgan fingerprint density at radius 2 is 2.22 bits per heavy atom. The average Bonchev–Trinajstić information content (AvgIpc) is 2.85. The van der Waals surface area contributed by atoms with Crippen molar-refractivity contribution in [2.24, 2.45) is 11.8 Å². The molecule has 4 nitrogen and oxygen atoms in total. The van der Waals surface area contributed by atoms with Crippen LogP contribution in [0.3, 0.4) is 0 Å². The van der Waals surface area contributed by atoms with E-state index in [9.17, 15) is 4.79 Å². The fourth-order valence-corrected chi connectivity index (χ4v) is 2.97. The molecule has 2 heterocycles. The summed E-state index contributed by atoms with van der Waals surface area (Å²) >= 11 is 1.50. The topological polar surface area (TPSA) is 54.0 Å². The fourth-order valence-electron chi connectivity index (χ4n) is 2.03. The maximum Gasteiger partial charge on any atom is 0.230 e. The van der Waals surface area contributed by atoms with Crippen molar-refractivity contribution < 1.29 is 4.79 Å². The van der Waals surface area contributed by atoms with Crippen LogP contribution in [0.4, 0.5) is 5.13 Å². The van der Waals surface area contributed by atoms with Crippen molar-refractivity contribution in [3.05, 3.63) is 11.1 Å². The van der Waals surface area contributed by atoms with E-state index in [1.807, 2.05) is 5.38 Å². The zero-order valence-electron chi connectivity index (χ0n) is 11.4. The molecule has 2 rings (SSSR count). The predicted molar refractivity (Wildman–Crippen MR) is 75.0 cm³/mol. The van der Waals surface area contributed by atoms with Gasteiger partial charge in [-0.15, -0.1) is 11.3 Å². The van der Waals surface area contributed by atoms with Crippen molar-refractivity contribution in [1.29, 1.82) is 0 Å². The van der Waals surface area contributed by atoms with E-state index in [0.29, 0.717) is 11.0 Å². The Labute approximate surface area is 112 Å². The van der Waals surface area contributed by atoms with E-state index in [-0.39, 0.29) is 17.2 Å². The van der Waals surface area contributed by atoms with E-state index in [4.69, 9.17) is 0 Å². The summed E-state index contributed by atoms with van der Waals surface area (Å²) in [6.45, 7) is 10.2. The first kappa shape index (κ1) is 13.5. The second-order valence-electron chi connectivity index (χ2n) is 6.02. The third-order valence-electron chi connectivity index (χ3n) is 3.36. The van der Waals surface area contributed by atoms with Gasteiger partial charge in [0.1, 0.15) is 0 Å². The van der Waals surface area contributed by atoms with Gasteiger partial charge in [0.05, 0.1) is 11.6 Å². The number of anilines is 1. The first-order valence-electron chi connectivity index (χ1n) is 6.35. The highest BCUT2D eigenvalue weighted by atomic mass is 32.1. The normalized spacial score (nSPS) is 24.2. The van der Waals surface area contributed by atoms with E-state index >= 15 is 0 Å². The van der Waals surface area contributed by atoms with Crippen molar-refractivity contribution in [3.8, 4) is 0 Å². The number of amides is 1. The monoisotopic (exact) mass is 267 g/mol. The molecule has 1 aliphatic rings. The van der Waals surface area contributed by atoms with Gasteiger partial charge in [0, 0.05) is 17.3 Å². The fraction of sp³-hybridized carbons (Fsp3) is 0.692. The highest BCUT2D eigenvalue weighted by molar-refractivity contribution is 7.13. The average molecular weight is 267 g/mol. The Morgan fingerprint density at radius 3 is 2.72 bits per heavy atom. The first-order valence-corrected chi connectivity index (χ1v) is 7.23. The Kier molecular flexibility index (Phi) is 3.73. The van der Waals surface area contributed by atoms with Crippen molar-refractivity contribution in [1.82, 2.24) is 10.3 Å². The molecule has 2 atom stereocenters. The second kappa shape index (κ2) is 4.97. The van der Waals surface area contributed by atoms with E-state index in [1.54, 1.807) is 0 Å². The molecule has 1 saturated heterocycles. The molecule has 2 N–H and O–H groups in total. The Bertz CT molecular complexity index is 436. The number of hydrogen-bond donors (Lipinski definition) is 2. The molecule has 0 aromatic carbocycles. The minimum atomic E-state index is 0.0294. The van der Waals surface area contributed by atoms with Crippen LogP contribution in [0, 0.1) is 11.8 Å². The zero-order chi connectivity index (χ0) is 13.3. The molecule has 1 fully saturated rings. The maximum atomic E-state index is 12.1. The summed E-state index contributed by atoms with van der Waals surface area (Å²) in [4.78, 5) is 16.6. The number of rotatable bonds is 2. The molecule has 5 heteroatoms. The van der Waals surface area contributed by atoms with Crippen molar-refractivity contribution in [2.45, 2.75) is 33.1 Å². The molecular formula is C13H21N3OS. The van der Waals surface area contributed by atoms with Crippen molar-refractivity contribution in [3.63, 3.8) is 0 Å². The van der Waals surface area contributed by atoms with E-state index in [2.05, 4.69) is 43.3 Å². The molecule has 1 amide bonds. The van der Waals surface area contributed by atoms with E-state index < -0.39 is 0 Å². The SMILES string of the molecule is C[C@@H]1CNC[C@H]1C(=O)Nc1nc(C(C)(C)C)cs1. The zero-order valence-corrected chi connectivity index (χ0v) is 12.2. The van der Waals surface area contributed by atoms with Gasteiger partial charge >= 0.3 is 0 Å². The van der Waals surface area contributed by atoms with Crippen LogP contribution in [-0.4, -0.2) is 24.0 Å². The van der Waals surface area contributed by atoms with Crippen LogP contribution in [0.1, 0.15) is 33.4 Å². The lowest BCUT2D eigenvalue weighted by Gasteiger charge is -2.15. The highest BCUT2D eigenvalue weighted by Crippen LogP contribution is 2.27. The summed E-state index contributed by atoms with van der Waals surface area (Å²) in [7, 11) is 0. The summed E-state index contributed by atoms with van der Waals surface area (Å²) in [5, 5.41) is 8.91. The summed E-state index contributed by atoms with van der Waals surface area (Å²) in [5.41, 5.74) is 1.06. The number of nitrogens with one attached hydrogen (secondary N) is 2. The van der Waals surface area contributed by atoms with Crippen LogP contribution < -0.4 is 10.6 Å². The minimum Gasteiger partial charge on any atom is -0.316 e. The molecule has 18 heavy (non-hydrogen) atoms. The number of hydrogen-bond acceptors (Lipinski definition) is 4. The second-order valence-corrected chi connectivity index (χ2v) is 6.88. The number of nitrogens with zero attached hydrogens (tertiary/aromatic N) is 1. The standard InChI is InChI=1S/C13H21N3OS/c1-8-5-14-6-9(8)11(17)16-12-15-10(7-18-12)13(2,3)4/h7-9,14H,5-6H2,1-4H3,(H,15,16,17)/t8-,9-/m1/s1. The van der Waals surface area contributed by atoms with Crippen LogP contribution in [0.25, 0.3) is 0 Å². The lowest BCUT2D eigenvalue weighted by molar-refractivity contribution is -0.120. The molecule has 0 bridgehead atoms. The van der Waals surface area contributed by atoms with Gasteiger partial charge in [0.2, 0.25) is 5.91 Å².